The fourth-order valence-electron chi connectivity index (χ4n) is 3.95. The van der Waals surface area contributed by atoms with Gasteiger partial charge in [-0.1, -0.05) is 35.9 Å². The summed E-state index contributed by atoms with van der Waals surface area (Å²) in [7, 11) is 0. The standard InChI is InChI=1S/C23H24N4O3S/c1-15-4-6-16(7-5-15)12-21-25-23(31-26-21)27-10-2-3-18(27)22(28)24-13-17-8-9-19-20(11-17)30-14-29-19/h4-9,11,18H,2-3,10,12-14H2,1H3,(H,24,28). The number of anilines is 1. The van der Waals surface area contributed by atoms with Gasteiger partial charge in [-0.25, -0.2) is 4.98 Å². The second kappa shape index (κ2) is 8.55. The molecule has 0 aliphatic carbocycles. The molecule has 8 heteroatoms. The van der Waals surface area contributed by atoms with Gasteiger partial charge in [0.25, 0.3) is 0 Å². The highest BCUT2D eigenvalue weighted by atomic mass is 32.1. The van der Waals surface area contributed by atoms with E-state index in [0.717, 1.165) is 47.4 Å². The van der Waals surface area contributed by atoms with Crippen LogP contribution in [-0.2, 0) is 17.8 Å². The minimum absolute atomic E-state index is 0.0189. The SMILES string of the molecule is Cc1ccc(Cc2nsc(N3CCCC3C(=O)NCc3ccc4c(c3)OCO4)n2)cc1. The normalized spacial score (nSPS) is 17.2. The quantitative estimate of drug-likeness (QED) is 0.638. The molecule has 7 nitrogen and oxygen atoms in total. The number of hydrogen-bond acceptors (Lipinski definition) is 7. The van der Waals surface area contributed by atoms with Gasteiger partial charge in [0.15, 0.2) is 11.5 Å². The number of carbonyl (C=O) groups is 1. The number of ether oxygens (including phenoxy) is 2. The van der Waals surface area contributed by atoms with Gasteiger partial charge in [-0.05, 0) is 43.0 Å². The average Bonchev–Trinajstić information content (AvgIpc) is 3.53. The zero-order valence-electron chi connectivity index (χ0n) is 17.3. The van der Waals surface area contributed by atoms with E-state index in [1.54, 1.807) is 0 Å². The van der Waals surface area contributed by atoms with Gasteiger partial charge in [0.1, 0.15) is 11.9 Å². The van der Waals surface area contributed by atoms with Crippen LogP contribution in [0.15, 0.2) is 42.5 Å². The maximum absolute atomic E-state index is 12.9. The Labute approximate surface area is 185 Å². The van der Waals surface area contributed by atoms with Crippen LogP contribution in [0, 0.1) is 6.92 Å². The van der Waals surface area contributed by atoms with E-state index >= 15 is 0 Å². The van der Waals surface area contributed by atoms with E-state index in [9.17, 15) is 4.79 Å². The van der Waals surface area contributed by atoms with Gasteiger partial charge in [0.2, 0.25) is 17.8 Å². The molecule has 3 heterocycles. The topological polar surface area (TPSA) is 76.6 Å². The lowest BCUT2D eigenvalue weighted by Crippen LogP contribution is -2.43. The Morgan fingerprint density at radius 1 is 1.16 bits per heavy atom. The highest BCUT2D eigenvalue weighted by molar-refractivity contribution is 7.09. The summed E-state index contributed by atoms with van der Waals surface area (Å²) in [6.45, 7) is 3.60. The molecule has 1 atom stereocenters. The van der Waals surface area contributed by atoms with E-state index in [2.05, 4.69) is 45.8 Å². The Balaban J connectivity index is 1.21. The molecule has 31 heavy (non-hydrogen) atoms. The number of carbonyl (C=O) groups excluding carboxylic acids is 1. The Morgan fingerprint density at radius 3 is 2.84 bits per heavy atom. The molecule has 0 radical (unpaired) electrons. The number of fused-ring (bicyclic) bond motifs is 1. The molecule has 1 unspecified atom stereocenters. The molecule has 2 aliphatic heterocycles. The maximum atomic E-state index is 12.9. The molecule has 1 amide bonds. The predicted molar refractivity (Wildman–Crippen MR) is 119 cm³/mol. The summed E-state index contributed by atoms with van der Waals surface area (Å²) < 4.78 is 15.3. The van der Waals surface area contributed by atoms with Gasteiger partial charge in [0, 0.05) is 31.0 Å². The molecular formula is C23H24N4O3S. The number of benzene rings is 2. The lowest BCUT2D eigenvalue weighted by molar-refractivity contribution is -0.122. The summed E-state index contributed by atoms with van der Waals surface area (Å²) in [6, 6.07) is 13.9. The molecule has 2 aliphatic rings. The van der Waals surface area contributed by atoms with E-state index in [1.165, 1.54) is 22.7 Å². The van der Waals surface area contributed by atoms with E-state index in [-0.39, 0.29) is 18.7 Å². The van der Waals surface area contributed by atoms with E-state index in [0.29, 0.717) is 13.0 Å². The fourth-order valence-corrected chi connectivity index (χ4v) is 4.71. The Morgan fingerprint density at radius 2 is 1.97 bits per heavy atom. The number of amides is 1. The smallest absolute Gasteiger partial charge is 0.243 e. The third kappa shape index (κ3) is 4.34. The Bertz CT molecular complexity index is 1080. The first-order chi connectivity index (χ1) is 15.2. The van der Waals surface area contributed by atoms with Crippen LogP contribution in [0.1, 0.15) is 35.4 Å². The van der Waals surface area contributed by atoms with Crippen molar-refractivity contribution in [2.75, 3.05) is 18.2 Å². The van der Waals surface area contributed by atoms with Gasteiger partial charge in [-0.15, -0.1) is 0 Å². The van der Waals surface area contributed by atoms with Gasteiger partial charge in [0.05, 0.1) is 0 Å². The van der Waals surface area contributed by atoms with Crippen molar-refractivity contribution in [1.82, 2.24) is 14.7 Å². The van der Waals surface area contributed by atoms with Crippen LogP contribution >= 0.6 is 11.5 Å². The van der Waals surface area contributed by atoms with E-state index in [1.807, 2.05) is 18.2 Å². The predicted octanol–water partition coefficient (Wildman–Crippen LogP) is 3.45. The second-order valence-electron chi connectivity index (χ2n) is 7.91. The summed E-state index contributed by atoms with van der Waals surface area (Å²) >= 11 is 1.37. The lowest BCUT2D eigenvalue weighted by atomic mass is 10.1. The third-order valence-electron chi connectivity index (χ3n) is 5.65. The van der Waals surface area contributed by atoms with Crippen molar-refractivity contribution < 1.29 is 14.3 Å². The highest BCUT2D eigenvalue weighted by Gasteiger charge is 2.32. The van der Waals surface area contributed by atoms with Gasteiger partial charge in [-0.2, -0.15) is 4.37 Å². The third-order valence-corrected chi connectivity index (χ3v) is 6.44. The molecule has 1 N–H and O–H groups in total. The summed E-state index contributed by atoms with van der Waals surface area (Å²) in [5.41, 5.74) is 3.41. The number of nitrogens with zero attached hydrogens (tertiary/aromatic N) is 3. The minimum Gasteiger partial charge on any atom is -0.454 e. The molecule has 1 aromatic heterocycles. The maximum Gasteiger partial charge on any atom is 0.243 e. The van der Waals surface area contributed by atoms with Gasteiger partial charge in [-0.3, -0.25) is 4.79 Å². The highest BCUT2D eigenvalue weighted by Crippen LogP contribution is 2.32. The molecule has 3 aromatic rings. The lowest BCUT2D eigenvalue weighted by Gasteiger charge is -2.22. The molecule has 5 rings (SSSR count). The van der Waals surface area contributed by atoms with Crippen molar-refractivity contribution in [3.8, 4) is 11.5 Å². The Kier molecular flexibility index (Phi) is 5.46. The number of hydrogen-bond donors (Lipinski definition) is 1. The number of rotatable bonds is 6. The first kappa shape index (κ1) is 19.8. The van der Waals surface area contributed by atoms with E-state index < -0.39 is 0 Å². The second-order valence-corrected chi connectivity index (χ2v) is 8.64. The zero-order valence-corrected chi connectivity index (χ0v) is 18.2. The summed E-state index contributed by atoms with van der Waals surface area (Å²) in [4.78, 5) is 19.7. The first-order valence-electron chi connectivity index (χ1n) is 10.5. The van der Waals surface area contributed by atoms with Crippen molar-refractivity contribution in [3.05, 3.63) is 65.0 Å². The van der Waals surface area contributed by atoms with Crippen LogP contribution in [0.3, 0.4) is 0 Å². The largest absolute Gasteiger partial charge is 0.454 e. The Hall–Kier alpha value is -3.13. The molecular weight excluding hydrogens is 412 g/mol. The molecule has 1 saturated heterocycles. The van der Waals surface area contributed by atoms with Crippen LogP contribution in [0.5, 0.6) is 11.5 Å². The first-order valence-corrected chi connectivity index (χ1v) is 11.2. The molecule has 160 valence electrons. The van der Waals surface area contributed by atoms with Crippen LogP contribution in [0.25, 0.3) is 0 Å². The number of aryl methyl sites for hydroxylation is 1. The summed E-state index contributed by atoms with van der Waals surface area (Å²) in [5, 5.41) is 3.89. The molecule has 0 bridgehead atoms. The molecule has 2 aromatic carbocycles. The van der Waals surface area contributed by atoms with Crippen LogP contribution in [-0.4, -0.2) is 34.6 Å². The van der Waals surface area contributed by atoms with E-state index in [4.69, 9.17) is 14.5 Å². The molecule has 1 fully saturated rings. The molecule has 0 saturated carbocycles. The average molecular weight is 437 g/mol. The van der Waals surface area contributed by atoms with Gasteiger partial charge < -0.3 is 19.7 Å². The summed E-state index contributed by atoms with van der Waals surface area (Å²) in [6.07, 6.45) is 2.49. The van der Waals surface area contributed by atoms with Crippen LogP contribution in [0.2, 0.25) is 0 Å². The number of aromatic nitrogens is 2. The monoisotopic (exact) mass is 436 g/mol. The van der Waals surface area contributed by atoms with Crippen LogP contribution < -0.4 is 19.7 Å². The fraction of sp³-hybridized carbons (Fsp3) is 0.348. The van der Waals surface area contributed by atoms with Crippen molar-refractivity contribution in [3.63, 3.8) is 0 Å². The van der Waals surface area contributed by atoms with Crippen molar-refractivity contribution in [1.29, 1.82) is 0 Å². The minimum atomic E-state index is -0.214. The van der Waals surface area contributed by atoms with Crippen molar-refractivity contribution >= 4 is 22.6 Å². The molecule has 0 spiro atoms. The van der Waals surface area contributed by atoms with Crippen molar-refractivity contribution in [2.45, 2.75) is 38.8 Å². The number of nitrogens with one attached hydrogen (secondary N) is 1. The van der Waals surface area contributed by atoms with Crippen LogP contribution in [0.4, 0.5) is 5.13 Å². The van der Waals surface area contributed by atoms with Crippen molar-refractivity contribution in [2.24, 2.45) is 0 Å². The zero-order chi connectivity index (χ0) is 21.2. The summed E-state index contributed by atoms with van der Waals surface area (Å²) in [5.74, 6) is 2.29. The van der Waals surface area contributed by atoms with Gasteiger partial charge >= 0.3 is 0 Å².